The molecule has 4 rings (SSSR count). The van der Waals surface area contributed by atoms with Gasteiger partial charge in [-0.2, -0.15) is 0 Å². The van der Waals surface area contributed by atoms with E-state index in [9.17, 15) is 10.2 Å². The van der Waals surface area contributed by atoms with Crippen LogP contribution >= 0.6 is 0 Å². The van der Waals surface area contributed by atoms with Gasteiger partial charge in [0.05, 0.1) is 26.4 Å². The van der Waals surface area contributed by atoms with Crippen molar-refractivity contribution in [2.24, 2.45) is 0 Å². The zero-order chi connectivity index (χ0) is 28.9. The molecule has 0 aliphatic carbocycles. The number of hydrogen-bond acceptors (Lipinski definition) is 5. The molecule has 4 atom stereocenters. The second kappa shape index (κ2) is 13.1. The van der Waals surface area contributed by atoms with Crippen LogP contribution in [0.1, 0.15) is 64.3 Å². The van der Waals surface area contributed by atoms with Crippen molar-refractivity contribution in [1.29, 1.82) is 0 Å². The summed E-state index contributed by atoms with van der Waals surface area (Å²) in [6.07, 6.45) is 1.78. The molecule has 0 amide bonds. The Morgan fingerprint density at radius 1 is 0.875 bits per heavy atom. The second-order valence-corrected chi connectivity index (χ2v) is 18.0. The highest BCUT2D eigenvalue weighted by Crippen LogP contribution is 2.44. The normalized spacial score (nSPS) is 22.5. The smallest absolute Gasteiger partial charge is 0.168 e. The van der Waals surface area contributed by atoms with E-state index in [0.717, 1.165) is 16.7 Å². The van der Waals surface area contributed by atoms with Gasteiger partial charge < -0.3 is 28.7 Å². The van der Waals surface area contributed by atoms with Crippen LogP contribution in [-0.4, -0.2) is 53.7 Å². The van der Waals surface area contributed by atoms with E-state index < -0.39 is 32.1 Å². The first-order valence-electron chi connectivity index (χ1n) is 14.6. The van der Waals surface area contributed by atoms with Crippen LogP contribution in [0.3, 0.4) is 0 Å². The first-order valence-corrected chi connectivity index (χ1v) is 16.7. The summed E-state index contributed by atoms with van der Waals surface area (Å²) in [5.41, 5.74) is 2.99. The minimum absolute atomic E-state index is 0.0202. The Kier molecular flexibility index (Phi) is 10.1. The Balaban J connectivity index is 1.57. The molecular weight excluding hydrogens is 518 g/mol. The van der Waals surface area contributed by atoms with Crippen molar-refractivity contribution in [3.05, 3.63) is 95.8 Å². The summed E-state index contributed by atoms with van der Waals surface area (Å²) in [6.45, 7) is 14.7. The van der Waals surface area contributed by atoms with Gasteiger partial charge in [-0.05, 0) is 40.0 Å². The van der Waals surface area contributed by atoms with Gasteiger partial charge in [-0.25, -0.2) is 0 Å². The van der Waals surface area contributed by atoms with Gasteiger partial charge in [0.25, 0.3) is 0 Å². The van der Waals surface area contributed by atoms with E-state index in [1.54, 1.807) is 0 Å². The fraction of sp³-hybridized carbons (Fsp3) is 0.515. The highest BCUT2D eigenvalue weighted by atomic mass is 28.3. The van der Waals surface area contributed by atoms with Crippen LogP contribution in [0.2, 0.25) is 16.6 Å². The van der Waals surface area contributed by atoms with Crippen LogP contribution in [0.4, 0.5) is 0 Å². The van der Waals surface area contributed by atoms with Crippen molar-refractivity contribution >= 4 is 8.24 Å². The Labute approximate surface area is 241 Å². The maximum atomic E-state index is 11.7. The van der Waals surface area contributed by atoms with Gasteiger partial charge in [0.1, 0.15) is 23.9 Å². The summed E-state index contributed by atoms with van der Waals surface area (Å²) in [6, 6.07) is 21.7. The lowest BCUT2D eigenvalue weighted by Crippen LogP contribution is -2.51. The summed E-state index contributed by atoms with van der Waals surface area (Å²) in [4.78, 5) is 0. The molecule has 218 valence electrons. The average molecular weight is 566 g/mol. The second-order valence-electron chi connectivity index (χ2n) is 12.2. The highest BCUT2D eigenvalue weighted by Gasteiger charge is 2.53. The quantitative estimate of drug-likeness (QED) is 0.232. The minimum Gasteiger partial charge on any atom is -0.386 e. The SMILES string of the molecule is CC(C)[Si](C(C)C)(C(C)C)n1ccc([C@@H](O)[C@@H]2OC[C@@](O)(COCc3ccccc3)[C@H]2OCc2ccccc2)c1. The molecule has 1 aromatic heterocycles. The average Bonchev–Trinajstić information content (AvgIpc) is 3.53. The molecule has 1 saturated heterocycles. The van der Waals surface area contributed by atoms with Crippen molar-refractivity contribution in [3.8, 4) is 0 Å². The molecule has 40 heavy (non-hydrogen) atoms. The third-order valence-corrected chi connectivity index (χ3v) is 15.4. The largest absolute Gasteiger partial charge is 0.386 e. The van der Waals surface area contributed by atoms with Crippen LogP contribution in [0.15, 0.2) is 79.1 Å². The molecule has 2 aromatic carbocycles. The van der Waals surface area contributed by atoms with E-state index in [1.807, 2.05) is 66.7 Å². The summed E-state index contributed by atoms with van der Waals surface area (Å²) in [5.74, 6) is 0. The molecule has 1 fully saturated rings. The maximum absolute atomic E-state index is 11.7. The topological polar surface area (TPSA) is 73.1 Å². The molecule has 2 N–H and O–H groups in total. The number of aromatic nitrogens is 1. The van der Waals surface area contributed by atoms with E-state index in [-0.39, 0.29) is 13.2 Å². The fourth-order valence-electron chi connectivity index (χ4n) is 6.94. The number of ether oxygens (including phenoxy) is 3. The molecule has 0 saturated carbocycles. The van der Waals surface area contributed by atoms with Gasteiger partial charge in [0.2, 0.25) is 0 Å². The van der Waals surface area contributed by atoms with Crippen molar-refractivity contribution < 1.29 is 24.4 Å². The monoisotopic (exact) mass is 565 g/mol. The summed E-state index contributed by atoms with van der Waals surface area (Å²) in [5, 5.41) is 23.4. The third kappa shape index (κ3) is 6.30. The van der Waals surface area contributed by atoms with Gasteiger partial charge in [-0.15, -0.1) is 0 Å². The maximum Gasteiger partial charge on any atom is 0.168 e. The van der Waals surface area contributed by atoms with Crippen LogP contribution < -0.4 is 0 Å². The molecule has 1 aliphatic heterocycles. The first-order chi connectivity index (χ1) is 19.1. The van der Waals surface area contributed by atoms with Crippen molar-refractivity contribution in [2.75, 3.05) is 13.2 Å². The van der Waals surface area contributed by atoms with Crippen LogP contribution in [0.25, 0.3) is 0 Å². The lowest BCUT2D eigenvalue weighted by molar-refractivity contribution is -0.141. The number of aliphatic hydroxyl groups is 2. The summed E-state index contributed by atoms with van der Waals surface area (Å²) >= 11 is 0. The van der Waals surface area contributed by atoms with E-state index >= 15 is 0 Å². The van der Waals surface area contributed by atoms with E-state index in [2.05, 4.69) is 58.2 Å². The van der Waals surface area contributed by atoms with E-state index in [0.29, 0.717) is 29.8 Å². The fourth-order valence-corrected chi connectivity index (χ4v) is 13.4. The Bertz CT molecular complexity index is 1160. The number of nitrogens with zero attached hydrogens (tertiary/aromatic N) is 1. The van der Waals surface area contributed by atoms with Gasteiger partial charge in [0.15, 0.2) is 8.24 Å². The number of hydrogen-bond donors (Lipinski definition) is 2. The molecule has 0 radical (unpaired) electrons. The highest BCUT2D eigenvalue weighted by molar-refractivity contribution is 6.82. The van der Waals surface area contributed by atoms with Gasteiger partial charge in [-0.1, -0.05) is 102 Å². The van der Waals surface area contributed by atoms with Gasteiger partial charge in [-0.3, -0.25) is 0 Å². The zero-order valence-electron chi connectivity index (χ0n) is 24.9. The van der Waals surface area contributed by atoms with Crippen molar-refractivity contribution in [3.63, 3.8) is 0 Å². The molecule has 7 heteroatoms. The first kappa shape index (κ1) is 30.7. The standard InChI is InChI=1S/C33H47NO5Si/c1-24(2)40(25(3)4,26(5)6)34-18-17-29(19-34)30(35)31-32(38-21-28-15-11-8-12-16-28)33(36,23-39-31)22-37-20-27-13-9-7-10-14-27/h7-19,24-26,30-32,35-36H,20-23H2,1-6H3/t30-,31+,32+,33+/m1/s1. The molecule has 1 aliphatic rings. The number of benzene rings is 2. The molecule has 6 nitrogen and oxygen atoms in total. The predicted octanol–water partition coefficient (Wildman–Crippen LogP) is 6.48. The summed E-state index contributed by atoms with van der Waals surface area (Å²) < 4.78 is 20.8. The lowest BCUT2D eigenvalue weighted by atomic mass is 9.92. The minimum atomic E-state index is -1.96. The predicted molar refractivity (Wildman–Crippen MR) is 162 cm³/mol. The van der Waals surface area contributed by atoms with E-state index in [1.165, 1.54) is 0 Å². The Hall–Kier alpha value is -2.26. The Morgan fingerprint density at radius 2 is 1.43 bits per heavy atom. The van der Waals surface area contributed by atoms with Gasteiger partial charge in [0, 0.05) is 11.8 Å². The number of rotatable bonds is 13. The molecular formula is C33H47NO5Si. The molecule has 0 unspecified atom stereocenters. The molecule has 2 heterocycles. The van der Waals surface area contributed by atoms with Crippen LogP contribution in [0.5, 0.6) is 0 Å². The van der Waals surface area contributed by atoms with E-state index in [4.69, 9.17) is 14.2 Å². The molecule has 3 aromatic rings. The molecule has 0 spiro atoms. The number of aliphatic hydroxyl groups excluding tert-OH is 1. The van der Waals surface area contributed by atoms with Crippen molar-refractivity contribution in [1.82, 2.24) is 4.23 Å². The van der Waals surface area contributed by atoms with Crippen molar-refractivity contribution in [2.45, 2.75) is 95.3 Å². The lowest BCUT2D eigenvalue weighted by Gasteiger charge is -2.44. The zero-order valence-corrected chi connectivity index (χ0v) is 25.9. The molecule has 0 bridgehead atoms. The van der Waals surface area contributed by atoms with Gasteiger partial charge >= 0.3 is 0 Å². The Morgan fingerprint density at radius 3 is 1.98 bits per heavy atom. The van der Waals surface area contributed by atoms with Crippen LogP contribution in [0, 0.1) is 0 Å². The third-order valence-electron chi connectivity index (χ3n) is 8.68. The summed E-state index contributed by atoms with van der Waals surface area (Å²) in [7, 11) is -1.96. The van der Waals surface area contributed by atoms with Crippen LogP contribution in [-0.2, 0) is 27.4 Å².